The molecule has 0 aromatic heterocycles. The van der Waals surface area contributed by atoms with Crippen LogP contribution in [0.25, 0.3) is 4.85 Å². The Balaban J connectivity index is 2.43. The Morgan fingerprint density at radius 2 is 1.87 bits per heavy atom. The molecule has 0 spiro atoms. The number of carbonyl (C=O) groups excluding carboxylic acids is 1. The molecule has 0 aliphatic carbocycles. The molecule has 0 aliphatic rings. The molecule has 0 radical (unpaired) electrons. The van der Waals surface area contributed by atoms with E-state index in [9.17, 15) is 23.1 Å². The maximum atomic E-state index is 13.1. The zero-order valence-corrected chi connectivity index (χ0v) is 11.1. The number of nitrogens with zero attached hydrogens (tertiary/aromatic N) is 2. The first-order valence-electron chi connectivity index (χ1n) is 5.89. The van der Waals surface area contributed by atoms with Gasteiger partial charge in [0.05, 0.1) is 18.2 Å². The van der Waals surface area contributed by atoms with E-state index in [4.69, 9.17) is 16.6 Å². The van der Waals surface area contributed by atoms with E-state index >= 15 is 0 Å². The molecule has 0 atom stereocenters. The molecule has 2 aromatic rings. The Morgan fingerprint density at radius 3 is 2.39 bits per heavy atom. The molecular formula is C15H5F3N2O3. The Morgan fingerprint density at radius 1 is 1.26 bits per heavy atom. The third-order valence-electron chi connectivity index (χ3n) is 2.76. The zero-order valence-electron chi connectivity index (χ0n) is 11.1. The topological polar surface area (TPSA) is 74.7 Å². The van der Waals surface area contributed by atoms with Crippen LogP contribution in [0.3, 0.4) is 0 Å². The minimum absolute atomic E-state index is 0.383. The highest BCUT2D eigenvalue weighted by molar-refractivity contribution is 5.92. The second-order valence-electron chi connectivity index (χ2n) is 4.17. The lowest BCUT2D eigenvalue weighted by atomic mass is 10.1. The third-order valence-corrected chi connectivity index (χ3v) is 2.76. The van der Waals surface area contributed by atoms with Gasteiger partial charge in [0, 0.05) is 0 Å². The average molecular weight is 318 g/mol. The number of phenols is 1. The van der Waals surface area contributed by atoms with Crippen molar-refractivity contribution in [3.05, 3.63) is 64.3 Å². The fourth-order valence-electron chi connectivity index (χ4n) is 1.70. The first-order valence-corrected chi connectivity index (χ1v) is 5.89. The van der Waals surface area contributed by atoms with Gasteiger partial charge in [-0.3, -0.25) is 0 Å². The van der Waals surface area contributed by atoms with Crippen LogP contribution in [0.5, 0.6) is 11.5 Å². The number of hydrogen-bond acceptors (Lipinski definition) is 4. The van der Waals surface area contributed by atoms with E-state index in [2.05, 4.69) is 4.85 Å². The van der Waals surface area contributed by atoms with Gasteiger partial charge < -0.3 is 9.84 Å². The first-order chi connectivity index (χ1) is 10.9. The molecule has 0 bridgehead atoms. The number of aromatic hydroxyl groups is 1. The van der Waals surface area contributed by atoms with E-state index in [1.54, 1.807) is 6.07 Å². The molecule has 0 fully saturated rings. The van der Waals surface area contributed by atoms with Crippen molar-refractivity contribution in [2.45, 2.75) is 0 Å². The van der Waals surface area contributed by atoms with Gasteiger partial charge >= 0.3 is 5.97 Å². The van der Waals surface area contributed by atoms with Crippen LogP contribution in [-0.2, 0) is 0 Å². The third kappa shape index (κ3) is 2.92. The summed E-state index contributed by atoms with van der Waals surface area (Å²) in [7, 11) is 0. The van der Waals surface area contributed by atoms with Crippen LogP contribution in [0.15, 0.2) is 24.3 Å². The number of halogens is 3. The van der Waals surface area contributed by atoms with Crippen molar-refractivity contribution < 1.29 is 27.8 Å². The van der Waals surface area contributed by atoms with E-state index in [0.717, 1.165) is 12.1 Å². The molecule has 0 amide bonds. The molecule has 0 saturated heterocycles. The van der Waals surface area contributed by atoms with E-state index in [-0.39, 0.29) is 5.75 Å². The molecule has 0 saturated carbocycles. The Labute approximate surface area is 127 Å². The molecule has 2 aromatic carbocycles. The second-order valence-corrected chi connectivity index (χ2v) is 4.17. The van der Waals surface area contributed by atoms with Gasteiger partial charge in [0.25, 0.3) is 0 Å². The predicted molar refractivity (Wildman–Crippen MR) is 70.4 cm³/mol. The van der Waals surface area contributed by atoms with E-state index in [1.807, 2.05) is 0 Å². The monoisotopic (exact) mass is 318 g/mol. The van der Waals surface area contributed by atoms with Gasteiger partial charge in [0.1, 0.15) is 17.1 Å². The number of rotatable bonds is 2. The molecule has 23 heavy (non-hydrogen) atoms. The zero-order chi connectivity index (χ0) is 17.1. The van der Waals surface area contributed by atoms with Crippen molar-refractivity contribution in [1.29, 1.82) is 5.26 Å². The van der Waals surface area contributed by atoms with Crippen LogP contribution in [0.4, 0.5) is 18.9 Å². The van der Waals surface area contributed by atoms with Crippen molar-refractivity contribution in [1.82, 2.24) is 0 Å². The van der Waals surface area contributed by atoms with Crippen LogP contribution in [0.1, 0.15) is 15.9 Å². The van der Waals surface area contributed by atoms with Gasteiger partial charge in [-0.1, -0.05) is 0 Å². The van der Waals surface area contributed by atoms with Crippen LogP contribution in [-0.4, -0.2) is 11.1 Å². The highest BCUT2D eigenvalue weighted by Crippen LogP contribution is 2.36. The van der Waals surface area contributed by atoms with E-state index < -0.39 is 46.0 Å². The maximum Gasteiger partial charge on any atom is 0.343 e. The van der Waals surface area contributed by atoms with Crippen LogP contribution >= 0.6 is 0 Å². The van der Waals surface area contributed by atoms with E-state index in [1.165, 1.54) is 0 Å². The molecule has 5 nitrogen and oxygen atoms in total. The van der Waals surface area contributed by atoms with Crippen molar-refractivity contribution in [2.75, 3.05) is 0 Å². The van der Waals surface area contributed by atoms with Crippen molar-refractivity contribution in [3.63, 3.8) is 0 Å². The summed E-state index contributed by atoms with van der Waals surface area (Å²) in [4.78, 5) is 14.8. The number of hydrogen-bond donors (Lipinski definition) is 1. The fourth-order valence-corrected chi connectivity index (χ4v) is 1.70. The fraction of sp³-hybridized carbons (Fsp3) is 0. The summed E-state index contributed by atoms with van der Waals surface area (Å²) in [5, 5.41) is 18.5. The van der Waals surface area contributed by atoms with Crippen molar-refractivity contribution >= 4 is 11.7 Å². The molecule has 114 valence electrons. The van der Waals surface area contributed by atoms with Crippen molar-refractivity contribution in [2.24, 2.45) is 0 Å². The highest BCUT2D eigenvalue weighted by Gasteiger charge is 2.20. The summed E-state index contributed by atoms with van der Waals surface area (Å²) in [5.41, 5.74) is -1.48. The molecular weight excluding hydrogens is 313 g/mol. The standard InChI is InChI=1S/C15H5F3N2O3/c1-20-14-8(6-19)12(3-2-11(14)21)23-15(22)7-4-9(16)13(18)10(17)5-7/h2-5,21H. The lowest BCUT2D eigenvalue weighted by Crippen LogP contribution is -2.11. The molecule has 2 rings (SSSR count). The second kappa shape index (κ2) is 6.08. The molecule has 0 aliphatic heterocycles. The summed E-state index contributed by atoms with van der Waals surface area (Å²) in [6.45, 7) is 6.88. The lowest BCUT2D eigenvalue weighted by molar-refractivity contribution is 0.0733. The molecule has 1 N–H and O–H groups in total. The number of phenolic OH excluding ortho intramolecular Hbond substituents is 1. The van der Waals surface area contributed by atoms with E-state index in [0.29, 0.717) is 12.1 Å². The van der Waals surface area contributed by atoms with Gasteiger partial charge in [-0.05, 0) is 24.3 Å². The summed E-state index contributed by atoms with van der Waals surface area (Å²) in [5.74, 6) is -7.03. The lowest BCUT2D eigenvalue weighted by Gasteiger charge is -2.08. The van der Waals surface area contributed by atoms with Gasteiger partial charge in [-0.25, -0.2) is 22.8 Å². The summed E-state index contributed by atoms with van der Waals surface area (Å²) < 4.78 is 43.9. The Hall–Kier alpha value is -3.52. The van der Waals surface area contributed by atoms with Crippen LogP contribution in [0, 0.1) is 35.4 Å². The van der Waals surface area contributed by atoms with Crippen LogP contribution in [0.2, 0.25) is 0 Å². The summed E-state index contributed by atoms with van der Waals surface area (Å²) in [6, 6.07) is 4.51. The number of ether oxygens (including phenoxy) is 1. The normalized spacial score (nSPS) is 9.78. The molecule has 8 heteroatoms. The molecule has 0 unspecified atom stereocenters. The number of nitriles is 1. The number of carbonyl (C=O) groups is 1. The number of esters is 1. The van der Waals surface area contributed by atoms with Gasteiger partial charge in [-0.2, -0.15) is 5.26 Å². The van der Waals surface area contributed by atoms with Gasteiger partial charge in [-0.15, -0.1) is 0 Å². The Kier molecular flexibility index (Phi) is 4.19. The Bertz CT molecular complexity index is 875. The quantitative estimate of drug-likeness (QED) is 0.398. The summed E-state index contributed by atoms with van der Waals surface area (Å²) in [6.07, 6.45) is 0. The SMILES string of the molecule is [C-]#[N+]c1c(O)ccc(OC(=O)c2cc(F)c(F)c(F)c2)c1C#N. The summed E-state index contributed by atoms with van der Waals surface area (Å²) >= 11 is 0. The maximum absolute atomic E-state index is 13.1. The highest BCUT2D eigenvalue weighted by atomic mass is 19.2. The first kappa shape index (κ1) is 15.9. The smallest absolute Gasteiger partial charge is 0.343 e. The largest absolute Gasteiger partial charge is 0.519 e. The number of benzene rings is 2. The molecule has 0 heterocycles. The van der Waals surface area contributed by atoms with Gasteiger partial charge in [0.2, 0.25) is 5.69 Å². The minimum atomic E-state index is -1.74. The van der Waals surface area contributed by atoms with Crippen molar-refractivity contribution in [3.8, 4) is 17.6 Å². The predicted octanol–water partition coefficient (Wildman–Crippen LogP) is 3.45. The van der Waals surface area contributed by atoms with Crippen LogP contribution < -0.4 is 4.74 Å². The van der Waals surface area contributed by atoms with Gasteiger partial charge in [0.15, 0.2) is 17.5 Å². The average Bonchev–Trinajstić information content (AvgIpc) is 2.53. The minimum Gasteiger partial charge on any atom is -0.519 e.